The first-order valence-electron chi connectivity index (χ1n) is 4.84. The Morgan fingerprint density at radius 2 is 2.00 bits per heavy atom. The van der Waals surface area contributed by atoms with Gasteiger partial charge in [0.1, 0.15) is 0 Å². The van der Waals surface area contributed by atoms with Crippen molar-refractivity contribution >= 4 is 66.4 Å². The van der Waals surface area contributed by atoms with Crippen molar-refractivity contribution in [3.05, 3.63) is 54.1 Å². The van der Waals surface area contributed by atoms with Crippen molar-refractivity contribution in [2.24, 2.45) is 0 Å². The van der Waals surface area contributed by atoms with Crippen LogP contribution in [0.1, 0.15) is 20.8 Å². The van der Waals surface area contributed by atoms with Crippen LogP contribution >= 0.6 is 66.4 Å². The maximum absolute atomic E-state index is 6.28. The smallest absolute Gasteiger partial charge is 0.0960 e. The maximum atomic E-state index is 6.28. The highest BCUT2D eigenvalue weighted by atomic mass is 79.9. The molecule has 0 fully saturated rings. The van der Waals surface area contributed by atoms with Crippen LogP contribution in [0.5, 0.6) is 0 Å². The normalized spacial score (nSPS) is 12.8. The molecule has 0 aliphatic carbocycles. The quantitative estimate of drug-likeness (QED) is 0.485. The van der Waals surface area contributed by atoms with E-state index in [2.05, 4.69) is 37.9 Å². The molecule has 0 saturated carbocycles. The molecule has 0 aliphatic heterocycles. The van der Waals surface area contributed by atoms with E-state index in [0.29, 0.717) is 0 Å². The molecule has 1 aromatic carbocycles. The van der Waals surface area contributed by atoms with Gasteiger partial charge >= 0.3 is 0 Å². The molecule has 1 aromatic heterocycles. The Morgan fingerprint density at radius 3 is 2.59 bits per heavy atom. The van der Waals surface area contributed by atoms with Crippen LogP contribution in [0.3, 0.4) is 0 Å². The monoisotopic (exact) mass is 412 g/mol. The van der Waals surface area contributed by atoms with Gasteiger partial charge in [0.15, 0.2) is 0 Å². The molecule has 5 heteroatoms. The van der Waals surface area contributed by atoms with Crippen LogP contribution in [0, 0.1) is 6.92 Å². The largest absolute Gasteiger partial charge is 0.127 e. The number of alkyl halides is 1. The van der Waals surface area contributed by atoms with E-state index in [-0.39, 0.29) is 4.83 Å². The van der Waals surface area contributed by atoms with Gasteiger partial charge in [0.25, 0.3) is 0 Å². The summed E-state index contributed by atoms with van der Waals surface area (Å²) in [6.45, 7) is 2.00. The summed E-state index contributed by atoms with van der Waals surface area (Å²) < 4.78 is 1.73. The minimum atomic E-state index is 0.0729. The van der Waals surface area contributed by atoms with Gasteiger partial charge in [-0.3, -0.25) is 0 Å². The second kappa shape index (κ2) is 5.62. The number of rotatable bonds is 2. The molecule has 0 radical (unpaired) electrons. The zero-order chi connectivity index (χ0) is 12.6. The number of hydrogen-bond acceptors (Lipinski definition) is 1. The first-order chi connectivity index (χ1) is 8.00. The van der Waals surface area contributed by atoms with Crippen molar-refractivity contribution in [3.8, 4) is 0 Å². The fourth-order valence-electron chi connectivity index (χ4n) is 1.48. The molecule has 0 amide bonds. The lowest BCUT2D eigenvalue weighted by Gasteiger charge is -2.11. The molecule has 0 spiro atoms. The standard InChI is InChI=1S/C12H8Br2Cl2S/c1-6-5-9(17-12(6)16)10(14)7-3-2-4-8(13)11(7)15/h2-5,10H,1H3. The first-order valence-corrected chi connectivity index (χ1v) is 8.12. The van der Waals surface area contributed by atoms with Crippen LogP contribution < -0.4 is 0 Å². The molecule has 1 heterocycles. The summed E-state index contributed by atoms with van der Waals surface area (Å²) in [5.74, 6) is 0. The van der Waals surface area contributed by atoms with Crippen LogP contribution in [0.4, 0.5) is 0 Å². The van der Waals surface area contributed by atoms with Crippen molar-refractivity contribution in [3.63, 3.8) is 0 Å². The zero-order valence-corrected chi connectivity index (χ0v) is 14.3. The van der Waals surface area contributed by atoms with E-state index in [1.165, 1.54) is 0 Å². The van der Waals surface area contributed by atoms with Crippen molar-refractivity contribution in [2.45, 2.75) is 11.8 Å². The second-order valence-electron chi connectivity index (χ2n) is 3.61. The molecule has 17 heavy (non-hydrogen) atoms. The average molecular weight is 415 g/mol. The Kier molecular flexibility index (Phi) is 4.59. The van der Waals surface area contributed by atoms with Gasteiger partial charge in [-0.1, -0.05) is 51.3 Å². The highest BCUT2D eigenvalue weighted by Gasteiger charge is 2.18. The third-order valence-corrected chi connectivity index (χ3v) is 6.60. The molecular weight excluding hydrogens is 407 g/mol. The van der Waals surface area contributed by atoms with E-state index in [1.54, 1.807) is 11.3 Å². The van der Waals surface area contributed by atoms with Gasteiger partial charge in [0.05, 0.1) is 14.2 Å². The number of halogens is 4. The fraction of sp³-hybridized carbons (Fsp3) is 0.167. The lowest BCUT2D eigenvalue weighted by atomic mass is 10.1. The Bertz CT molecular complexity index is 532. The molecule has 1 unspecified atom stereocenters. The third-order valence-electron chi connectivity index (χ3n) is 2.38. The summed E-state index contributed by atoms with van der Waals surface area (Å²) in [6.07, 6.45) is 0. The Morgan fingerprint density at radius 1 is 1.29 bits per heavy atom. The zero-order valence-electron chi connectivity index (χ0n) is 8.81. The SMILES string of the molecule is Cc1cc(C(Br)c2cccc(Br)c2Cl)sc1Cl. The van der Waals surface area contributed by atoms with E-state index in [0.717, 1.165) is 29.8 Å². The van der Waals surface area contributed by atoms with Crippen molar-refractivity contribution in [1.29, 1.82) is 0 Å². The highest BCUT2D eigenvalue weighted by molar-refractivity contribution is 9.10. The Labute approximate surface area is 131 Å². The molecular formula is C12H8Br2Cl2S. The van der Waals surface area contributed by atoms with Crippen molar-refractivity contribution < 1.29 is 0 Å². The van der Waals surface area contributed by atoms with Crippen LogP contribution in [-0.4, -0.2) is 0 Å². The van der Waals surface area contributed by atoms with Gasteiger partial charge in [0.2, 0.25) is 0 Å². The fourth-order valence-corrected chi connectivity index (χ4v) is 4.24. The summed E-state index contributed by atoms with van der Waals surface area (Å²) in [5.41, 5.74) is 2.14. The van der Waals surface area contributed by atoms with E-state index >= 15 is 0 Å². The molecule has 1 atom stereocenters. The number of aryl methyl sites for hydroxylation is 1. The summed E-state index contributed by atoms with van der Waals surface area (Å²) in [6, 6.07) is 8.00. The molecule has 0 aliphatic rings. The predicted molar refractivity (Wildman–Crippen MR) is 84.0 cm³/mol. The summed E-state index contributed by atoms with van der Waals surface area (Å²) >= 11 is 21.0. The lowest BCUT2D eigenvalue weighted by Crippen LogP contribution is -1.91. The summed E-state index contributed by atoms with van der Waals surface area (Å²) in [7, 11) is 0. The van der Waals surface area contributed by atoms with E-state index < -0.39 is 0 Å². The summed E-state index contributed by atoms with van der Waals surface area (Å²) in [5, 5.41) is 0.733. The van der Waals surface area contributed by atoms with Gasteiger partial charge in [-0.25, -0.2) is 0 Å². The predicted octanol–water partition coefficient (Wildman–Crippen LogP) is 6.61. The minimum absolute atomic E-state index is 0.0729. The topological polar surface area (TPSA) is 0 Å². The molecule has 0 saturated heterocycles. The highest BCUT2D eigenvalue weighted by Crippen LogP contribution is 2.42. The lowest BCUT2D eigenvalue weighted by molar-refractivity contribution is 1.21. The number of benzene rings is 1. The van der Waals surface area contributed by atoms with Crippen molar-refractivity contribution in [1.82, 2.24) is 0 Å². The van der Waals surface area contributed by atoms with Gasteiger partial charge in [-0.05, 0) is 46.1 Å². The molecule has 2 rings (SSSR count). The third kappa shape index (κ3) is 2.90. The number of hydrogen-bond donors (Lipinski definition) is 0. The molecule has 2 aromatic rings. The molecule has 0 bridgehead atoms. The van der Waals surface area contributed by atoms with Gasteiger partial charge in [0, 0.05) is 9.35 Å². The summed E-state index contributed by atoms with van der Waals surface area (Å²) in [4.78, 5) is 1.23. The van der Waals surface area contributed by atoms with Crippen LogP contribution in [0.2, 0.25) is 9.36 Å². The van der Waals surface area contributed by atoms with Crippen LogP contribution in [0.25, 0.3) is 0 Å². The van der Waals surface area contributed by atoms with E-state index in [9.17, 15) is 0 Å². The maximum Gasteiger partial charge on any atom is 0.0960 e. The van der Waals surface area contributed by atoms with Gasteiger partial charge in [-0.15, -0.1) is 11.3 Å². The Hall–Kier alpha value is 0.460. The first kappa shape index (κ1) is 13.9. The van der Waals surface area contributed by atoms with E-state index in [1.807, 2.05) is 25.1 Å². The van der Waals surface area contributed by atoms with Crippen molar-refractivity contribution in [2.75, 3.05) is 0 Å². The van der Waals surface area contributed by atoms with E-state index in [4.69, 9.17) is 23.2 Å². The molecule has 0 N–H and O–H groups in total. The van der Waals surface area contributed by atoms with Gasteiger partial charge in [-0.2, -0.15) is 0 Å². The van der Waals surface area contributed by atoms with Crippen LogP contribution in [0.15, 0.2) is 28.7 Å². The minimum Gasteiger partial charge on any atom is -0.127 e. The molecule has 0 nitrogen and oxygen atoms in total. The van der Waals surface area contributed by atoms with Gasteiger partial charge < -0.3 is 0 Å². The Balaban J connectivity index is 2.43. The number of thiophene rings is 1. The van der Waals surface area contributed by atoms with Crippen LogP contribution in [-0.2, 0) is 0 Å². The average Bonchev–Trinajstić information content (AvgIpc) is 2.62. The molecule has 90 valence electrons. The second-order valence-corrected chi connectivity index (χ2v) is 7.44.